The lowest BCUT2D eigenvalue weighted by molar-refractivity contribution is -0.132. The molecule has 4 heteroatoms. The number of aliphatic hydroxyl groups is 1. The molecule has 2 atom stereocenters. The van der Waals surface area contributed by atoms with Gasteiger partial charge in [-0.05, 0) is 23.5 Å². The standard InChI is InChI=1S/C15H22N2O2/c1-11-6-7-17(14(11)10-18)15(19)8-12-2-4-13(9-16)5-3-12/h2-5,11,14,18H,6-10,16H2,1H3. The molecular weight excluding hydrogens is 240 g/mol. The van der Waals surface area contributed by atoms with E-state index in [4.69, 9.17) is 5.73 Å². The van der Waals surface area contributed by atoms with Gasteiger partial charge in [-0.15, -0.1) is 0 Å². The zero-order valence-corrected chi connectivity index (χ0v) is 11.4. The average molecular weight is 262 g/mol. The quantitative estimate of drug-likeness (QED) is 0.848. The van der Waals surface area contributed by atoms with Crippen molar-refractivity contribution in [3.05, 3.63) is 35.4 Å². The Morgan fingerprint density at radius 1 is 1.37 bits per heavy atom. The summed E-state index contributed by atoms with van der Waals surface area (Å²) in [4.78, 5) is 14.1. The van der Waals surface area contributed by atoms with Crippen molar-refractivity contribution in [3.63, 3.8) is 0 Å². The first kappa shape index (κ1) is 14.0. The Morgan fingerprint density at radius 2 is 2.00 bits per heavy atom. The lowest BCUT2D eigenvalue weighted by Crippen LogP contribution is -2.40. The molecule has 1 fully saturated rings. The van der Waals surface area contributed by atoms with Gasteiger partial charge < -0.3 is 15.7 Å². The molecule has 1 saturated heterocycles. The number of amides is 1. The fourth-order valence-corrected chi connectivity index (χ4v) is 2.67. The van der Waals surface area contributed by atoms with Crippen LogP contribution in [0.25, 0.3) is 0 Å². The van der Waals surface area contributed by atoms with Crippen LogP contribution < -0.4 is 5.73 Å². The molecule has 104 valence electrons. The van der Waals surface area contributed by atoms with Crippen molar-refractivity contribution < 1.29 is 9.90 Å². The zero-order valence-electron chi connectivity index (χ0n) is 11.4. The Hall–Kier alpha value is -1.39. The molecule has 0 spiro atoms. The van der Waals surface area contributed by atoms with E-state index in [2.05, 4.69) is 6.92 Å². The first-order valence-electron chi connectivity index (χ1n) is 6.84. The van der Waals surface area contributed by atoms with Crippen LogP contribution in [-0.4, -0.2) is 35.1 Å². The number of carbonyl (C=O) groups is 1. The fraction of sp³-hybridized carbons (Fsp3) is 0.533. The lowest BCUT2D eigenvalue weighted by Gasteiger charge is -2.25. The number of hydrogen-bond donors (Lipinski definition) is 2. The number of aliphatic hydroxyl groups excluding tert-OH is 1. The van der Waals surface area contributed by atoms with Crippen molar-refractivity contribution in [1.82, 2.24) is 4.90 Å². The minimum Gasteiger partial charge on any atom is -0.394 e. The van der Waals surface area contributed by atoms with Gasteiger partial charge in [-0.1, -0.05) is 31.2 Å². The van der Waals surface area contributed by atoms with Crippen molar-refractivity contribution in [2.75, 3.05) is 13.2 Å². The minimum atomic E-state index is -0.0178. The topological polar surface area (TPSA) is 66.6 Å². The Balaban J connectivity index is 2.00. The van der Waals surface area contributed by atoms with Crippen molar-refractivity contribution in [1.29, 1.82) is 0 Å². The second-order valence-corrected chi connectivity index (χ2v) is 5.30. The van der Waals surface area contributed by atoms with Gasteiger partial charge >= 0.3 is 0 Å². The maximum Gasteiger partial charge on any atom is 0.227 e. The predicted octanol–water partition coefficient (Wildman–Crippen LogP) is 0.917. The van der Waals surface area contributed by atoms with Crippen LogP contribution in [0.1, 0.15) is 24.5 Å². The van der Waals surface area contributed by atoms with Gasteiger partial charge in [0, 0.05) is 13.1 Å². The van der Waals surface area contributed by atoms with E-state index in [0.29, 0.717) is 18.9 Å². The van der Waals surface area contributed by atoms with Crippen molar-refractivity contribution in [2.24, 2.45) is 11.7 Å². The van der Waals surface area contributed by atoms with E-state index in [-0.39, 0.29) is 18.6 Å². The molecule has 2 unspecified atom stereocenters. The second-order valence-electron chi connectivity index (χ2n) is 5.30. The molecule has 1 amide bonds. The smallest absolute Gasteiger partial charge is 0.227 e. The number of carbonyl (C=O) groups excluding carboxylic acids is 1. The van der Waals surface area contributed by atoms with Gasteiger partial charge in [0.15, 0.2) is 0 Å². The molecule has 1 aromatic carbocycles. The van der Waals surface area contributed by atoms with Crippen LogP contribution in [0.2, 0.25) is 0 Å². The first-order valence-corrected chi connectivity index (χ1v) is 6.84. The van der Waals surface area contributed by atoms with Crippen LogP contribution in [0.3, 0.4) is 0 Å². The molecular formula is C15H22N2O2. The van der Waals surface area contributed by atoms with Gasteiger partial charge in [-0.25, -0.2) is 0 Å². The van der Waals surface area contributed by atoms with Crippen LogP contribution in [-0.2, 0) is 17.8 Å². The van der Waals surface area contributed by atoms with E-state index in [1.54, 1.807) is 0 Å². The minimum absolute atomic E-state index is 0.0178. The number of nitrogens with zero attached hydrogens (tertiary/aromatic N) is 1. The normalized spacial score (nSPS) is 22.8. The summed E-state index contributed by atoms with van der Waals surface area (Å²) in [5.41, 5.74) is 7.62. The molecule has 1 heterocycles. The molecule has 1 aliphatic heterocycles. The lowest BCUT2D eigenvalue weighted by atomic mass is 10.0. The van der Waals surface area contributed by atoms with Crippen LogP contribution >= 0.6 is 0 Å². The fourth-order valence-electron chi connectivity index (χ4n) is 2.67. The molecule has 0 aromatic heterocycles. The highest BCUT2D eigenvalue weighted by molar-refractivity contribution is 5.79. The van der Waals surface area contributed by atoms with E-state index in [0.717, 1.165) is 24.1 Å². The van der Waals surface area contributed by atoms with Crippen molar-refractivity contribution in [2.45, 2.75) is 32.4 Å². The van der Waals surface area contributed by atoms with E-state index in [1.165, 1.54) is 0 Å². The molecule has 0 radical (unpaired) electrons. The highest BCUT2D eigenvalue weighted by Gasteiger charge is 2.33. The summed E-state index contributed by atoms with van der Waals surface area (Å²) >= 11 is 0. The summed E-state index contributed by atoms with van der Waals surface area (Å²) in [5.74, 6) is 0.484. The summed E-state index contributed by atoms with van der Waals surface area (Å²) in [5, 5.41) is 9.38. The molecule has 2 rings (SSSR count). The first-order chi connectivity index (χ1) is 9.15. The monoisotopic (exact) mass is 262 g/mol. The van der Waals surface area contributed by atoms with Crippen molar-refractivity contribution in [3.8, 4) is 0 Å². The van der Waals surface area contributed by atoms with Gasteiger partial charge in [-0.3, -0.25) is 4.79 Å². The third kappa shape index (κ3) is 3.14. The average Bonchev–Trinajstić information content (AvgIpc) is 2.80. The zero-order chi connectivity index (χ0) is 13.8. The number of hydrogen-bond acceptors (Lipinski definition) is 3. The van der Waals surface area contributed by atoms with Crippen molar-refractivity contribution >= 4 is 5.91 Å². The number of nitrogens with two attached hydrogens (primary N) is 1. The van der Waals surface area contributed by atoms with E-state index >= 15 is 0 Å². The Kier molecular flexibility index (Phi) is 4.56. The molecule has 19 heavy (non-hydrogen) atoms. The summed E-state index contributed by atoms with van der Waals surface area (Å²) in [6, 6.07) is 7.80. The number of rotatable bonds is 4. The van der Waals surface area contributed by atoms with Crippen LogP contribution in [0.15, 0.2) is 24.3 Å². The van der Waals surface area contributed by atoms with Gasteiger partial charge in [0.05, 0.1) is 19.1 Å². The Bertz CT molecular complexity index is 430. The van der Waals surface area contributed by atoms with Crippen LogP contribution in [0, 0.1) is 5.92 Å². The molecule has 1 aliphatic rings. The predicted molar refractivity (Wildman–Crippen MR) is 74.4 cm³/mol. The molecule has 0 saturated carbocycles. The largest absolute Gasteiger partial charge is 0.394 e. The third-order valence-electron chi connectivity index (χ3n) is 4.00. The van der Waals surface area contributed by atoms with Gasteiger partial charge in [0.25, 0.3) is 0 Å². The maximum absolute atomic E-state index is 12.3. The molecule has 1 aromatic rings. The summed E-state index contributed by atoms with van der Waals surface area (Å²) in [6.45, 7) is 3.42. The SMILES string of the molecule is CC1CCN(C(=O)Cc2ccc(CN)cc2)C1CO. The molecule has 4 nitrogen and oxygen atoms in total. The molecule has 3 N–H and O–H groups in total. The van der Waals surface area contributed by atoms with Gasteiger partial charge in [0.1, 0.15) is 0 Å². The van der Waals surface area contributed by atoms with Crippen LogP contribution in [0.4, 0.5) is 0 Å². The Labute approximate surface area is 114 Å². The van der Waals surface area contributed by atoms with E-state index in [1.807, 2.05) is 29.2 Å². The number of likely N-dealkylation sites (tertiary alicyclic amines) is 1. The molecule has 0 aliphatic carbocycles. The molecule has 0 bridgehead atoms. The highest BCUT2D eigenvalue weighted by atomic mass is 16.3. The maximum atomic E-state index is 12.3. The van der Waals surface area contributed by atoms with Gasteiger partial charge in [0.2, 0.25) is 5.91 Å². The summed E-state index contributed by atoms with van der Waals surface area (Å²) < 4.78 is 0. The van der Waals surface area contributed by atoms with Crippen LogP contribution in [0.5, 0.6) is 0 Å². The Morgan fingerprint density at radius 3 is 2.58 bits per heavy atom. The van der Waals surface area contributed by atoms with Gasteiger partial charge in [-0.2, -0.15) is 0 Å². The summed E-state index contributed by atoms with van der Waals surface area (Å²) in [6.07, 6.45) is 1.37. The highest BCUT2D eigenvalue weighted by Crippen LogP contribution is 2.24. The summed E-state index contributed by atoms with van der Waals surface area (Å²) in [7, 11) is 0. The second kappa shape index (κ2) is 6.17. The number of benzene rings is 1. The third-order valence-corrected chi connectivity index (χ3v) is 4.00. The van der Waals surface area contributed by atoms with E-state index < -0.39 is 0 Å². The van der Waals surface area contributed by atoms with E-state index in [9.17, 15) is 9.90 Å².